The van der Waals surface area contributed by atoms with Crippen LogP contribution in [0.5, 0.6) is 11.5 Å². The molecule has 0 spiro atoms. The Labute approximate surface area is 153 Å². The largest absolute Gasteiger partial charge is 0.455 e. The zero-order valence-corrected chi connectivity index (χ0v) is 15.3. The second kappa shape index (κ2) is 9.01. The lowest BCUT2D eigenvalue weighted by Gasteiger charge is -2.16. The number of hydrogen-bond donors (Lipinski definition) is 3. The van der Waals surface area contributed by atoms with Crippen LogP contribution in [0.25, 0.3) is 0 Å². The highest BCUT2D eigenvalue weighted by atomic mass is 16.5. The van der Waals surface area contributed by atoms with Gasteiger partial charge in [0.05, 0.1) is 18.3 Å². The second-order valence-electron chi connectivity index (χ2n) is 6.45. The summed E-state index contributed by atoms with van der Waals surface area (Å²) in [5.74, 6) is 0.502. The molecule has 1 atom stereocenters. The number of anilines is 1. The molecule has 2 rings (SSSR count). The number of para-hydroxylation sites is 1. The number of nitrogens with two attached hydrogens (primary N) is 1. The van der Waals surface area contributed by atoms with E-state index in [4.69, 9.17) is 10.5 Å². The zero-order valence-electron chi connectivity index (χ0n) is 15.3. The van der Waals surface area contributed by atoms with Crippen LogP contribution in [0.1, 0.15) is 19.4 Å². The van der Waals surface area contributed by atoms with Crippen molar-refractivity contribution >= 4 is 17.5 Å². The van der Waals surface area contributed by atoms with E-state index in [1.54, 1.807) is 6.07 Å². The Bertz CT molecular complexity index is 760. The molecule has 2 aromatic carbocycles. The lowest BCUT2D eigenvalue weighted by atomic mass is 10.1. The number of carbonyl (C=O) groups excluding carboxylic acids is 2. The summed E-state index contributed by atoms with van der Waals surface area (Å²) in [5, 5.41) is 5.33. The Morgan fingerprint density at radius 3 is 2.46 bits per heavy atom. The number of hydrogen-bond acceptors (Lipinski definition) is 4. The van der Waals surface area contributed by atoms with Gasteiger partial charge in [0.25, 0.3) is 0 Å². The topological polar surface area (TPSA) is 93.5 Å². The van der Waals surface area contributed by atoms with Gasteiger partial charge in [-0.1, -0.05) is 38.1 Å². The predicted molar refractivity (Wildman–Crippen MR) is 102 cm³/mol. The van der Waals surface area contributed by atoms with Gasteiger partial charge in [-0.05, 0) is 42.7 Å². The van der Waals surface area contributed by atoms with Gasteiger partial charge in [-0.25, -0.2) is 0 Å². The van der Waals surface area contributed by atoms with Crippen LogP contribution in [-0.4, -0.2) is 24.4 Å². The molecule has 4 N–H and O–H groups in total. The molecular weight excluding hydrogens is 330 g/mol. The maximum absolute atomic E-state index is 12.2. The summed E-state index contributed by atoms with van der Waals surface area (Å²) in [6.07, 6.45) is 0. The van der Waals surface area contributed by atoms with Crippen LogP contribution in [0.3, 0.4) is 0 Å². The van der Waals surface area contributed by atoms with E-state index < -0.39 is 6.04 Å². The van der Waals surface area contributed by atoms with Gasteiger partial charge in [-0.2, -0.15) is 0 Å². The summed E-state index contributed by atoms with van der Waals surface area (Å²) in [6, 6.07) is 14.2. The second-order valence-corrected chi connectivity index (χ2v) is 6.45. The molecule has 0 aliphatic rings. The summed E-state index contributed by atoms with van der Waals surface area (Å²) >= 11 is 0. The Morgan fingerprint density at radius 2 is 1.81 bits per heavy atom. The monoisotopic (exact) mass is 355 g/mol. The average molecular weight is 355 g/mol. The first-order chi connectivity index (χ1) is 12.4. The van der Waals surface area contributed by atoms with Gasteiger partial charge in [-0.3, -0.25) is 9.59 Å². The molecule has 6 nitrogen and oxygen atoms in total. The molecule has 0 unspecified atom stereocenters. The zero-order chi connectivity index (χ0) is 19.1. The van der Waals surface area contributed by atoms with Crippen molar-refractivity contribution in [3.05, 3.63) is 54.1 Å². The fraction of sp³-hybridized carbons (Fsp3) is 0.300. The van der Waals surface area contributed by atoms with Crippen molar-refractivity contribution in [2.45, 2.75) is 26.8 Å². The van der Waals surface area contributed by atoms with E-state index in [1.165, 1.54) is 0 Å². The third-order valence-corrected chi connectivity index (χ3v) is 3.82. The third kappa shape index (κ3) is 5.60. The summed E-state index contributed by atoms with van der Waals surface area (Å²) in [5.41, 5.74) is 7.29. The molecule has 2 amide bonds. The fourth-order valence-electron chi connectivity index (χ4n) is 2.23. The molecular formula is C20H25N3O3. The number of ether oxygens (including phenoxy) is 1. The standard InChI is InChI=1S/C20H25N3O3/c1-13(2)19(21)20(25)22-12-18(24)23-16-11-14(3)9-10-17(16)26-15-7-5-4-6-8-15/h4-11,13,19H,12,21H2,1-3H3,(H,22,25)(H,23,24)/t19-/m0/s1. The highest BCUT2D eigenvalue weighted by molar-refractivity contribution is 5.96. The quantitative estimate of drug-likeness (QED) is 0.712. The van der Waals surface area contributed by atoms with E-state index >= 15 is 0 Å². The molecule has 0 aromatic heterocycles. The molecule has 6 heteroatoms. The van der Waals surface area contributed by atoms with Crippen molar-refractivity contribution in [2.24, 2.45) is 11.7 Å². The Balaban J connectivity index is 2.02. The molecule has 0 saturated heterocycles. The number of nitrogens with one attached hydrogen (secondary N) is 2. The Kier molecular flexibility index (Phi) is 6.74. The predicted octanol–water partition coefficient (Wildman–Crippen LogP) is 2.83. The van der Waals surface area contributed by atoms with E-state index in [-0.39, 0.29) is 24.3 Å². The molecule has 0 saturated carbocycles. The van der Waals surface area contributed by atoms with Crippen molar-refractivity contribution in [1.82, 2.24) is 5.32 Å². The summed E-state index contributed by atoms with van der Waals surface area (Å²) in [7, 11) is 0. The van der Waals surface area contributed by atoms with Crippen molar-refractivity contribution in [2.75, 3.05) is 11.9 Å². The average Bonchev–Trinajstić information content (AvgIpc) is 2.62. The van der Waals surface area contributed by atoms with E-state index in [2.05, 4.69) is 10.6 Å². The fourth-order valence-corrected chi connectivity index (χ4v) is 2.23. The summed E-state index contributed by atoms with van der Waals surface area (Å²) < 4.78 is 5.84. The van der Waals surface area contributed by atoms with Gasteiger partial charge in [0.2, 0.25) is 11.8 Å². The summed E-state index contributed by atoms with van der Waals surface area (Å²) in [6.45, 7) is 5.47. The van der Waals surface area contributed by atoms with Crippen molar-refractivity contribution in [3.8, 4) is 11.5 Å². The van der Waals surface area contributed by atoms with Gasteiger partial charge in [0.15, 0.2) is 5.75 Å². The van der Waals surface area contributed by atoms with Crippen molar-refractivity contribution in [1.29, 1.82) is 0 Å². The first-order valence-electron chi connectivity index (χ1n) is 8.53. The number of aryl methyl sites for hydroxylation is 1. The summed E-state index contributed by atoms with van der Waals surface area (Å²) in [4.78, 5) is 24.1. The molecule has 0 radical (unpaired) electrons. The Morgan fingerprint density at radius 1 is 1.12 bits per heavy atom. The smallest absolute Gasteiger partial charge is 0.243 e. The van der Waals surface area contributed by atoms with Crippen LogP contribution < -0.4 is 21.1 Å². The minimum Gasteiger partial charge on any atom is -0.455 e. The molecule has 0 fully saturated rings. The van der Waals surface area contributed by atoms with E-state index in [0.29, 0.717) is 17.2 Å². The number of carbonyl (C=O) groups is 2. The van der Waals surface area contributed by atoms with Crippen LogP contribution in [0, 0.1) is 12.8 Å². The lowest BCUT2D eigenvalue weighted by Crippen LogP contribution is -2.46. The van der Waals surface area contributed by atoms with E-state index in [9.17, 15) is 9.59 Å². The van der Waals surface area contributed by atoms with Crippen LogP contribution >= 0.6 is 0 Å². The van der Waals surface area contributed by atoms with E-state index in [1.807, 2.05) is 63.2 Å². The van der Waals surface area contributed by atoms with Crippen molar-refractivity contribution < 1.29 is 14.3 Å². The van der Waals surface area contributed by atoms with Crippen LogP contribution in [0.2, 0.25) is 0 Å². The normalized spacial score (nSPS) is 11.7. The molecule has 26 heavy (non-hydrogen) atoms. The minimum absolute atomic E-state index is 0.000657. The Hall–Kier alpha value is -2.86. The molecule has 2 aromatic rings. The van der Waals surface area contributed by atoms with Gasteiger partial charge in [0.1, 0.15) is 5.75 Å². The lowest BCUT2D eigenvalue weighted by molar-refractivity contribution is -0.125. The van der Waals surface area contributed by atoms with Crippen LogP contribution in [0.15, 0.2) is 48.5 Å². The first kappa shape index (κ1) is 19.5. The van der Waals surface area contributed by atoms with Gasteiger partial charge in [-0.15, -0.1) is 0 Å². The first-order valence-corrected chi connectivity index (χ1v) is 8.53. The van der Waals surface area contributed by atoms with Gasteiger partial charge >= 0.3 is 0 Å². The maximum atomic E-state index is 12.2. The molecule has 0 aliphatic heterocycles. The van der Waals surface area contributed by atoms with E-state index in [0.717, 1.165) is 5.56 Å². The molecule has 0 heterocycles. The van der Waals surface area contributed by atoms with Crippen LogP contribution in [0.4, 0.5) is 5.69 Å². The SMILES string of the molecule is Cc1ccc(Oc2ccccc2)c(NC(=O)CNC(=O)[C@@H](N)C(C)C)c1. The maximum Gasteiger partial charge on any atom is 0.243 e. The molecule has 0 aliphatic carbocycles. The third-order valence-electron chi connectivity index (χ3n) is 3.82. The van der Waals surface area contributed by atoms with Gasteiger partial charge in [0, 0.05) is 0 Å². The van der Waals surface area contributed by atoms with Crippen molar-refractivity contribution in [3.63, 3.8) is 0 Å². The number of benzene rings is 2. The number of rotatable bonds is 7. The number of amides is 2. The molecule has 138 valence electrons. The van der Waals surface area contributed by atoms with Gasteiger partial charge < -0.3 is 21.1 Å². The highest BCUT2D eigenvalue weighted by Gasteiger charge is 2.18. The minimum atomic E-state index is -0.640. The van der Waals surface area contributed by atoms with Crippen LogP contribution in [-0.2, 0) is 9.59 Å². The molecule has 0 bridgehead atoms. The highest BCUT2D eigenvalue weighted by Crippen LogP contribution is 2.30.